The molecule has 2 aliphatic heterocycles. The first-order valence-electron chi connectivity index (χ1n) is 7.08. The summed E-state index contributed by atoms with van der Waals surface area (Å²) in [5, 5.41) is 3.44. The number of hydrogen-bond acceptors (Lipinski definition) is 4. The minimum Gasteiger partial charge on any atom is -0.485 e. The second-order valence-electron chi connectivity index (χ2n) is 5.59. The van der Waals surface area contributed by atoms with E-state index in [2.05, 4.69) is 30.1 Å². The summed E-state index contributed by atoms with van der Waals surface area (Å²) < 4.78 is 11.8. The highest BCUT2D eigenvalue weighted by atomic mass is 16.5. The summed E-state index contributed by atoms with van der Waals surface area (Å²) in [6.45, 7) is 8.09. The van der Waals surface area contributed by atoms with Crippen molar-refractivity contribution in [1.82, 2.24) is 4.90 Å². The van der Waals surface area contributed by atoms with Crippen LogP contribution in [0.4, 0.5) is 5.69 Å². The molecule has 3 atom stereocenters. The van der Waals surface area contributed by atoms with Crippen molar-refractivity contribution >= 4 is 5.69 Å². The Kier molecular flexibility index (Phi) is 3.62. The third kappa shape index (κ3) is 3.01. The first-order chi connectivity index (χ1) is 9.20. The lowest BCUT2D eigenvalue weighted by Gasteiger charge is -2.38. The van der Waals surface area contributed by atoms with Gasteiger partial charge >= 0.3 is 0 Å². The van der Waals surface area contributed by atoms with Gasteiger partial charge in [-0.25, -0.2) is 0 Å². The smallest absolute Gasteiger partial charge is 0.142 e. The number of morpholine rings is 1. The Balaban J connectivity index is 1.60. The van der Waals surface area contributed by atoms with Gasteiger partial charge in [-0.15, -0.1) is 0 Å². The zero-order chi connectivity index (χ0) is 13.2. The fraction of sp³-hybridized carbons (Fsp3) is 0.600. The molecule has 19 heavy (non-hydrogen) atoms. The highest BCUT2D eigenvalue weighted by Gasteiger charge is 2.26. The van der Waals surface area contributed by atoms with Crippen molar-refractivity contribution in [2.45, 2.75) is 32.2 Å². The number of benzene rings is 1. The van der Waals surface area contributed by atoms with E-state index in [0.717, 1.165) is 37.6 Å². The minimum atomic E-state index is 0.215. The van der Waals surface area contributed by atoms with Crippen molar-refractivity contribution in [3.63, 3.8) is 0 Å². The van der Waals surface area contributed by atoms with Gasteiger partial charge in [0.1, 0.15) is 11.9 Å². The Labute approximate surface area is 114 Å². The van der Waals surface area contributed by atoms with Gasteiger partial charge in [-0.2, -0.15) is 0 Å². The van der Waals surface area contributed by atoms with Crippen molar-refractivity contribution in [2.75, 3.05) is 31.5 Å². The molecular weight excluding hydrogens is 240 g/mol. The molecule has 2 heterocycles. The molecule has 0 saturated carbocycles. The summed E-state index contributed by atoms with van der Waals surface area (Å²) in [4.78, 5) is 2.44. The molecule has 4 heteroatoms. The number of anilines is 1. The quantitative estimate of drug-likeness (QED) is 0.883. The fourth-order valence-corrected chi connectivity index (χ4v) is 2.98. The summed E-state index contributed by atoms with van der Waals surface area (Å²) in [5.41, 5.74) is 1.10. The minimum absolute atomic E-state index is 0.215. The Morgan fingerprint density at radius 1 is 1.21 bits per heavy atom. The average molecular weight is 262 g/mol. The van der Waals surface area contributed by atoms with E-state index in [4.69, 9.17) is 9.47 Å². The second-order valence-corrected chi connectivity index (χ2v) is 5.59. The second kappa shape index (κ2) is 5.39. The van der Waals surface area contributed by atoms with E-state index in [0.29, 0.717) is 12.2 Å². The number of rotatable bonds is 2. The maximum atomic E-state index is 6.06. The summed E-state index contributed by atoms with van der Waals surface area (Å²) >= 11 is 0. The van der Waals surface area contributed by atoms with E-state index in [1.54, 1.807) is 0 Å². The molecule has 0 spiro atoms. The van der Waals surface area contributed by atoms with Crippen LogP contribution in [0.3, 0.4) is 0 Å². The first kappa shape index (κ1) is 12.8. The van der Waals surface area contributed by atoms with Crippen LogP contribution in [0.5, 0.6) is 5.75 Å². The van der Waals surface area contributed by atoms with Gasteiger partial charge in [-0.1, -0.05) is 12.1 Å². The molecule has 3 unspecified atom stereocenters. The molecule has 0 aliphatic carbocycles. The van der Waals surface area contributed by atoms with Crippen LogP contribution >= 0.6 is 0 Å². The molecular formula is C15H22N2O2. The van der Waals surface area contributed by atoms with Crippen molar-refractivity contribution in [3.8, 4) is 5.75 Å². The van der Waals surface area contributed by atoms with Crippen molar-refractivity contribution < 1.29 is 9.47 Å². The third-order valence-electron chi connectivity index (χ3n) is 3.66. The van der Waals surface area contributed by atoms with Crippen molar-refractivity contribution in [1.29, 1.82) is 0 Å². The third-order valence-corrected chi connectivity index (χ3v) is 3.66. The van der Waals surface area contributed by atoms with E-state index in [1.807, 2.05) is 18.2 Å². The van der Waals surface area contributed by atoms with E-state index in [1.165, 1.54) is 0 Å². The molecule has 1 saturated heterocycles. The molecule has 4 nitrogen and oxygen atoms in total. The Bertz CT molecular complexity index is 428. The van der Waals surface area contributed by atoms with Crippen LogP contribution in [0, 0.1) is 0 Å². The van der Waals surface area contributed by atoms with E-state index in [9.17, 15) is 0 Å². The van der Waals surface area contributed by atoms with E-state index in [-0.39, 0.29) is 6.10 Å². The molecule has 1 aromatic rings. The van der Waals surface area contributed by atoms with Gasteiger partial charge in [0.05, 0.1) is 24.4 Å². The number of nitrogens with one attached hydrogen (secondary N) is 1. The first-order valence-corrected chi connectivity index (χ1v) is 7.08. The van der Waals surface area contributed by atoms with E-state index < -0.39 is 0 Å². The van der Waals surface area contributed by atoms with Gasteiger partial charge in [0, 0.05) is 19.6 Å². The van der Waals surface area contributed by atoms with Crippen LogP contribution in [0.25, 0.3) is 0 Å². The summed E-state index contributed by atoms with van der Waals surface area (Å²) in [6, 6.07) is 8.13. The summed E-state index contributed by atoms with van der Waals surface area (Å²) in [6.07, 6.45) is 0.840. The molecule has 1 N–H and O–H groups in total. The molecule has 2 aliphatic rings. The van der Waals surface area contributed by atoms with Crippen LogP contribution in [0.1, 0.15) is 13.8 Å². The van der Waals surface area contributed by atoms with Gasteiger partial charge in [0.25, 0.3) is 0 Å². The Morgan fingerprint density at radius 2 is 1.95 bits per heavy atom. The number of nitrogens with zero attached hydrogens (tertiary/aromatic N) is 1. The van der Waals surface area contributed by atoms with Gasteiger partial charge in [0.15, 0.2) is 0 Å². The highest BCUT2D eigenvalue weighted by Crippen LogP contribution is 2.28. The Morgan fingerprint density at radius 3 is 2.74 bits per heavy atom. The molecule has 104 valence electrons. The Hall–Kier alpha value is -1.26. The molecule has 0 amide bonds. The number of ether oxygens (including phenoxy) is 2. The van der Waals surface area contributed by atoms with Crippen LogP contribution in [-0.2, 0) is 4.74 Å². The lowest BCUT2D eigenvalue weighted by Crippen LogP contribution is -2.50. The van der Waals surface area contributed by atoms with Gasteiger partial charge in [-0.05, 0) is 26.0 Å². The zero-order valence-corrected chi connectivity index (χ0v) is 11.6. The predicted octanol–water partition coefficient (Wildman–Crippen LogP) is 1.97. The average Bonchev–Trinajstić information content (AvgIpc) is 2.37. The van der Waals surface area contributed by atoms with Crippen LogP contribution in [0.2, 0.25) is 0 Å². The van der Waals surface area contributed by atoms with Crippen LogP contribution in [-0.4, -0.2) is 49.4 Å². The highest BCUT2D eigenvalue weighted by molar-refractivity contribution is 5.57. The van der Waals surface area contributed by atoms with Gasteiger partial charge < -0.3 is 14.8 Å². The number of para-hydroxylation sites is 2. The normalized spacial score (nSPS) is 31.2. The SMILES string of the molecule is CC1CN(CC2CNc3ccccc3O2)CC(C)O1. The molecule has 0 radical (unpaired) electrons. The summed E-state index contributed by atoms with van der Waals surface area (Å²) in [5.74, 6) is 0.966. The fourth-order valence-electron chi connectivity index (χ4n) is 2.98. The van der Waals surface area contributed by atoms with Gasteiger partial charge in [-0.3, -0.25) is 4.90 Å². The summed E-state index contributed by atoms with van der Waals surface area (Å²) in [7, 11) is 0. The topological polar surface area (TPSA) is 33.7 Å². The largest absolute Gasteiger partial charge is 0.485 e. The van der Waals surface area contributed by atoms with Crippen LogP contribution < -0.4 is 10.1 Å². The standard InChI is InChI=1S/C15H22N2O2/c1-11-8-17(9-12(2)18-11)10-13-7-16-14-5-3-4-6-15(14)19-13/h3-6,11-13,16H,7-10H2,1-2H3. The molecule has 0 bridgehead atoms. The zero-order valence-electron chi connectivity index (χ0n) is 11.6. The molecule has 1 fully saturated rings. The maximum Gasteiger partial charge on any atom is 0.142 e. The molecule has 3 rings (SSSR count). The lowest BCUT2D eigenvalue weighted by molar-refractivity contribution is -0.0745. The number of hydrogen-bond donors (Lipinski definition) is 1. The van der Waals surface area contributed by atoms with Gasteiger partial charge in [0.2, 0.25) is 0 Å². The molecule has 0 aromatic heterocycles. The van der Waals surface area contributed by atoms with Crippen molar-refractivity contribution in [3.05, 3.63) is 24.3 Å². The number of fused-ring (bicyclic) bond motifs is 1. The van der Waals surface area contributed by atoms with Crippen LogP contribution in [0.15, 0.2) is 24.3 Å². The molecule has 1 aromatic carbocycles. The van der Waals surface area contributed by atoms with E-state index >= 15 is 0 Å². The maximum absolute atomic E-state index is 6.06. The lowest BCUT2D eigenvalue weighted by atomic mass is 10.2. The monoisotopic (exact) mass is 262 g/mol. The predicted molar refractivity (Wildman–Crippen MR) is 75.8 cm³/mol. The van der Waals surface area contributed by atoms with Crippen molar-refractivity contribution in [2.24, 2.45) is 0 Å².